The van der Waals surface area contributed by atoms with Crippen LogP contribution in [0.2, 0.25) is 0 Å². The van der Waals surface area contributed by atoms with Gasteiger partial charge >= 0.3 is 0 Å². The molecule has 1 heterocycles. The van der Waals surface area contributed by atoms with Gasteiger partial charge in [-0.25, -0.2) is 4.68 Å². The maximum Gasteiger partial charge on any atom is 0.132 e. The van der Waals surface area contributed by atoms with E-state index < -0.39 is 5.60 Å². The van der Waals surface area contributed by atoms with Gasteiger partial charge in [0, 0.05) is 11.8 Å². The zero-order valence-electron chi connectivity index (χ0n) is 21.9. The summed E-state index contributed by atoms with van der Waals surface area (Å²) in [5.74, 6) is -0.656. The maximum absolute atomic E-state index is 13.5. The van der Waals surface area contributed by atoms with Gasteiger partial charge in [0.05, 0.1) is 12.7 Å². The highest BCUT2D eigenvalue weighted by Crippen LogP contribution is 2.61. The Hall–Kier alpha value is -4.80. The first-order valence-corrected chi connectivity index (χ1v) is 13.8. The monoisotopic (exact) mass is 517 g/mol. The van der Waals surface area contributed by atoms with Crippen LogP contribution in [-0.4, -0.2) is 20.1 Å². The number of nitrogens with zero attached hydrogens (tertiary/aromatic N) is 3. The summed E-state index contributed by atoms with van der Waals surface area (Å²) in [6.07, 6.45) is 1.94. The second-order valence-corrected chi connectivity index (χ2v) is 10.8. The number of benzene rings is 5. The third-order valence-corrected chi connectivity index (χ3v) is 8.68. The van der Waals surface area contributed by atoms with Crippen molar-refractivity contribution in [1.82, 2.24) is 15.0 Å². The summed E-state index contributed by atoms with van der Waals surface area (Å²) in [4.78, 5) is 0. The normalized spacial score (nSPS) is 14.0. The molecular formula is C36H27N3O. The Morgan fingerprint density at radius 1 is 0.550 bits per heavy atom. The van der Waals surface area contributed by atoms with Gasteiger partial charge in [0.1, 0.15) is 11.3 Å². The molecule has 0 spiro atoms. The molecule has 4 heteroatoms. The molecule has 1 N–H and O–H groups in total. The van der Waals surface area contributed by atoms with E-state index in [4.69, 9.17) is 5.10 Å². The van der Waals surface area contributed by atoms with Crippen LogP contribution >= 0.6 is 0 Å². The molecule has 0 bridgehead atoms. The summed E-state index contributed by atoms with van der Waals surface area (Å²) < 4.78 is 1.84. The minimum Gasteiger partial charge on any atom is -0.381 e. The molecule has 5 aromatic carbocycles. The highest BCUT2D eigenvalue weighted by molar-refractivity contribution is 5.83. The van der Waals surface area contributed by atoms with Gasteiger partial charge in [-0.3, -0.25) is 0 Å². The van der Waals surface area contributed by atoms with Crippen molar-refractivity contribution in [3.8, 4) is 22.3 Å². The van der Waals surface area contributed by atoms with E-state index in [1.807, 2.05) is 29.1 Å². The molecule has 4 nitrogen and oxygen atoms in total. The Kier molecular flexibility index (Phi) is 5.13. The van der Waals surface area contributed by atoms with Crippen LogP contribution in [0, 0.1) is 0 Å². The Morgan fingerprint density at radius 2 is 0.950 bits per heavy atom. The molecule has 0 aliphatic heterocycles. The maximum atomic E-state index is 13.5. The highest BCUT2D eigenvalue weighted by Gasteiger charge is 2.55. The quantitative estimate of drug-likeness (QED) is 0.264. The van der Waals surface area contributed by atoms with Crippen LogP contribution in [0.5, 0.6) is 0 Å². The summed E-state index contributed by atoms with van der Waals surface area (Å²) in [6, 6.07) is 44.1. The lowest BCUT2D eigenvalue weighted by molar-refractivity contribution is 0.000198. The van der Waals surface area contributed by atoms with Crippen LogP contribution in [0.1, 0.15) is 45.3 Å². The number of hydrogen-bond acceptors (Lipinski definition) is 3. The van der Waals surface area contributed by atoms with Crippen molar-refractivity contribution in [3.63, 3.8) is 0 Å². The fraction of sp³-hybridized carbons (Fsp3) is 0.111. The van der Waals surface area contributed by atoms with E-state index in [-0.39, 0.29) is 11.8 Å². The van der Waals surface area contributed by atoms with Gasteiger partial charge in [0.25, 0.3) is 0 Å². The van der Waals surface area contributed by atoms with E-state index in [0.717, 1.165) is 50.1 Å². The van der Waals surface area contributed by atoms with Gasteiger partial charge in [-0.1, -0.05) is 133 Å². The molecule has 0 amide bonds. The van der Waals surface area contributed by atoms with Crippen LogP contribution in [0.3, 0.4) is 0 Å². The van der Waals surface area contributed by atoms with Crippen molar-refractivity contribution in [2.24, 2.45) is 0 Å². The average molecular weight is 518 g/mol. The van der Waals surface area contributed by atoms with Gasteiger partial charge in [0.15, 0.2) is 0 Å². The van der Waals surface area contributed by atoms with E-state index in [9.17, 15) is 5.11 Å². The van der Waals surface area contributed by atoms with Crippen LogP contribution in [0.4, 0.5) is 0 Å². The largest absolute Gasteiger partial charge is 0.381 e. The molecule has 6 aromatic rings. The lowest BCUT2D eigenvalue weighted by Gasteiger charge is -2.39. The molecule has 0 fully saturated rings. The zero-order chi connectivity index (χ0) is 26.7. The molecule has 2 aliphatic carbocycles. The second-order valence-electron chi connectivity index (χ2n) is 10.8. The molecule has 0 atom stereocenters. The van der Waals surface area contributed by atoms with Gasteiger partial charge in [-0.2, -0.15) is 0 Å². The molecule has 0 saturated carbocycles. The highest BCUT2D eigenvalue weighted by atomic mass is 16.3. The summed E-state index contributed by atoms with van der Waals surface area (Å²) in [7, 11) is 0. The van der Waals surface area contributed by atoms with Crippen LogP contribution in [0.15, 0.2) is 134 Å². The molecule has 192 valence electrons. The van der Waals surface area contributed by atoms with Crippen molar-refractivity contribution in [3.05, 3.63) is 167 Å². The van der Waals surface area contributed by atoms with Crippen LogP contribution in [-0.2, 0) is 12.1 Å². The van der Waals surface area contributed by atoms with E-state index in [0.29, 0.717) is 12.2 Å². The van der Waals surface area contributed by atoms with Gasteiger partial charge in [-0.05, 0) is 50.1 Å². The van der Waals surface area contributed by atoms with Crippen molar-refractivity contribution < 1.29 is 5.11 Å². The Morgan fingerprint density at radius 3 is 1.40 bits per heavy atom. The van der Waals surface area contributed by atoms with Crippen LogP contribution < -0.4 is 0 Å². The van der Waals surface area contributed by atoms with Crippen LogP contribution in [0.25, 0.3) is 22.3 Å². The minimum absolute atomic E-state index is 0.328. The number of fused-ring (bicyclic) bond motifs is 6. The van der Waals surface area contributed by atoms with Gasteiger partial charge < -0.3 is 5.11 Å². The molecule has 2 aliphatic rings. The molecule has 8 rings (SSSR count). The average Bonchev–Trinajstić information content (AvgIpc) is 3.71. The Bertz CT molecular complexity index is 1690. The van der Waals surface area contributed by atoms with Crippen molar-refractivity contribution in [1.29, 1.82) is 0 Å². The van der Waals surface area contributed by atoms with Gasteiger partial charge in [0.2, 0.25) is 0 Å². The fourth-order valence-corrected chi connectivity index (χ4v) is 7.05. The zero-order valence-corrected chi connectivity index (χ0v) is 21.9. The van der Waals surface area contributed by atoms with E-state index in [2.05, 4.69) is 114 Å². The first kappa shape index (κ1) is 23.1. The predicted molar refractivity (Wildman–Crippen MR) is 157 cm³/mol. The molecular weight excluding hydrogens is 490 g/mol. The first-order chi connectivity index (χ1) is 19.7. The molecule has 0 saturated heterocycles. The van der Waals surface area contributed by atoms with E-state index in [1.54, 1.807) is 0 Å². The first-order valence-electron chi connectivity index (χ1n) is 13.8. The van der Waals surface area contributed by atoms with E-state index in [1.165, 1.54) is 0 Å². The summed E-state index contributed by atoms with van der Waals surface area (Å²) in [5, 5.41) is 22.8. The SMILES string of the molecule is OC(c1cn(Cc2ccccc2)nn1)(C1c2ccccc2-c2ccccc21)C1c2ccccc2-c2ccccc21. The summed E-state index contributed by atoms with van der Waals surface area (Å²) >= 11 is 0. The number of aromatic nitrogens is 3. The summed E-state index contributed by atoms with van der Waals surface area (Å²) in [5.41, 5.74) is 9.44. The van der Waals surface area contributed by atoms with Crippen molar-refractivity contribution in [2.75, 3.05) is 0 Å². The molecule has 1 aromatic heterocycles. The standard InChI is InChI=1S/C36H27N3O/c40-36(33-23-39(38-37-33)22-24-12-2-1-3-13-24,34-29-18-8-4-14-25(29)26-15-5-9-19-30(26)34)35-31-20-10-6-16-27(31)28-17-7-11-21-32(28)35/h1-21,23,34-35,40H,22H2. The minimum atomic E-state index is -1.40. The lowest BCUT2D eigenvalue weighted by atomic mass is 9.67. The second kappa shape index (κ2) is 8.87. The topological polar surface area (TPSA) is 50.9 Å². The van der Waals surface area contributed by atoms with Crippen molar-refractivity contribution >= 4 is 0 Å². The molecule has 0 unspecified atom stereocenters. The number of aliphatic hydroxyl groups is 1. The smallest absolute Gasteiger partial charge is 0.132 e. The lowest BCUT2D eigenvalue weighted by Crippen LogP contribution is -2.40. The number of hydrogen-bond donors (Lipinski definition) is 1. The predicted octanol–water partition coefficient (Wildman–Crippen LogP) is 7.14. The third-order valence-electron chi connectivity index (χ3n) is 8.68. The Balaban J connectivity index is 1.39. The summed E-state index contributed by atoms with van der Waals surface area (Å²) in [6.45, 7) is 0.583. The van der Waals surface area contributed by atoms with Crippen molar-refractivity contribution in [2.45, 2.75) is 24.0 Å². The molecule has 0 radical (unpaired) electrons. The van der Waals surface area contributed by atoms with E-state index >= 15 is 0 Å². The third kappa shape index (κ3) is 3.30. The fourth-order valence-electron chi connectivity index (χ4n) is 7.05. The number of rotatable bonds is 5. The molecule has 40 heavy (non-hydrogen) atoms. The Labute approximate surface area is 233 Å². The van der Waals surface area contributed by atoms with Gasteiger partial charge in [-0.15, -0.1) is 5.10 Å².